The van der Waals surface area contributed by atoms with Crippen LogP contribution in [0.25, 0.3) is 11.2 Å². The van der Waals surface area contributed by atoms with Crippen LogP contribution in [0.4, 0.5) is 5.95 Å². The summed E-state index contributed by atoms with van der Waals surface area (Å²) in [5.41, 5.74) is -0.692. The van der Waals surface area contributed by atoms with Crippen LogP contribution in [-0.2, 0) is 42.6 Å². The van der Waals surface area contributed by atoms with Crippen molar-refractivity contribution in [3.05, 3.63) is 174 Å². The number of aromatic amines is 2. The van der Waals surface area contributed by atoms with E-state index in [9.17, 15) is 19.2 Å². The quantitative estimate of drug-likeness (QED) is 0.0344. The number of H-pyrrole nitrogens is 2. The maximum atomic E-state index is 15.9. The number of rotatable bonds is 21. The number of phosphoric acid groups is 1. The number of aromatic nitrogens is 6. The van der Waals surface area contributed by atoms with Gasteiger partial charge in [-0.05, 0) is 78.1 Å². The van der Waals surface area contributed by atoms with Crippen molar-refractivity contribution in [2.45, 2.75) is 115 Å². The molecule has 7 aromatic rings. The number of imidazole rings is 1. The molecule has 9 rings (SSSR count). The smallest absolute Gasteiger partial charge is 0.497 e. The first-order chi connectivity index (χ1) is 38.5. The Bertz CT molecular complexity index is 3540. The zero-order chi connectivity index (χ0) is 58.0. The number of amides is 1. The number of benzene rings is 4. The Kier molecular flexibility index (Phi) is 17.5. The van der Waals surface area contributed by atoms with Gasteiger partial charge in [0.25, 0.3) is 11.1 Å². The summed E-state index contributed by atoms with van der Waals surface area (Å²) in [7, 11) is -4.31. The molecule has 5 heterocycles. The summed E-state index contributed by atoms with van der Waals surface area (Å²) >= 11 is 6.71. The Hall–Kier alpha value is -6.72. The van der Waals surface area contributed by atoms with Crippen LogP contribution in [-0.4, -0.2) is 95.1 Å². The van der Waals surface area contributed by atoms with Crippen molar-refractivity contribution in [3.63, 3.8) is 0 Å². The Morgan fingerprint density at radius 1 is 0.802 bits per heavy atom. The first-order valence-electron chi connectivity index (χ1n) is 26.5. The molecule has 0 saturated carbocycles. The summed E-state index contributed by atoms with van der Waals surface area (Å²) in [5.74, 6) is 0.284. The molecule has 0 spiro atoms. The zero-order valence-corrected chi connectivity index (χ0v) is 49.3. The summed E-state index contributed by atoms with van der Waals surface area (Å²) in [6, 6.07) is 31.0. The summed E-state index contributed by atoms with van der Waals surface area (Å²) in [6.07, 6.45) is -3.03. The molecular formula is C57H67ClN7O14PSi. The number of nitrogens with one attached hydrogen (secondary N) is 3. The molecule has 430 valence electrons. The van der Waals surface area contributed by atoms with Crippen LogP contribution in [0.15, 0.2) is 130 Å². The minimum atomic E-state index is -4.91. The summed E-state index contributed by atoms with van der Waals surface area (Å²) in [4.78, 5) is 66.1. The lowest BCUT2D eigenvalue weighted by Crippen LogP contribution is -2.46. The molecule has 3 N–H and O–H groups in total. The highest BCUT2D eigenvalue weighted by Gasteiger charge is 2.50. The Balaban J connectivity index is 1.13. The number of ether oxygens (including phenoxy) is 5. The van der Waals surface area contributed by atoms with Gasteiger partial charge in [0.05, 0.1) is 44.9 Å². The number of nitrogens with zero attached hydrogens (tertiary/aromatic N) is 4. The summed E-state index contributed by atoms with van der Waals surface area (Å²) in [6.45, 7) is 14.7. The van der Waals surface area contributed by atoms with Gasteiger partial charge in [-0.25, -0.2) is 14.3 Å². The molecule has 2 fully saturated rings. The number of carbonyl (C=O) groups excluding carboxylic acids is 1. The van der Waals surface area contributed by atoms with Gasteiger partial charge in [0.1, 0.15) is 53.6 Å². The van der Waals surface area contributed by atoms with Crippen molar-refractivity contribution < 1.29 is 51.0 Å². The Morgan fingerprint density at radius 2 is 1.38 bits per heavy atom. The van der Waals surface area contributed by atoms with Crippen molar-refractivity contribution in [1.82, 2.24) is 29.1 Å². The van der Waals surface area contributed by atoms with Gasteiger partial charge in [-0.3, -0.25) is 47.9 Å². The van der Waals surface area contributed by atoms with Crippen molar-refractivity contribution in [2.75, 3.05) is 32.8 Å². The average Bonchev–Trinajstić information content (AvgIpc) is 4.32. The predicted molar refractivity (Wildman–Crippen MR) is 306 cm³/mol. The number of para-hydroxylation sites is 1. The van der Waals surface area contributed by atoms with Crippen molar-refractivity contribution in [3.8, 4) is 17.2 Å². The maximum Gasteiger partial charge on any atom is 0.530 e. The number of hydrogen-bond acceptors (Lipinski definition) is 16. The zero-order valence-electron chi connectivity index (χ0n) is 46.7. The van der Waals surface area contributed by atoms with Gasteiger partial charge < -0.3 is 32.6 Å². The molecule has 4 aromatic carbocycles. The third-order valence-corrected chi connectivity index (χ3v) is 21.2. The molecule has 0 aliphatic carbocycles. The molecule has 0 bridgehead atoms. The van der Waals surface area contributed by atoms with Gasteiger partial charge in [0.15, 0.2) is 19.5 Å². The molecule has 1 amide bonds. The van der Waals surface area contributed by atoms with E-state index in [2.05, 4.69) is 59.1 Å². The number of hydrogen-bond donors (Lipinski definition) is 3. The van der Waals surface area contributed by atoms with Gasteiger partial charge >= 0.3 is 13.5 Å². The van der Waals surface area contributed by atoms with E-state index in [0.29, 0.717) is 28.2 Å². The van der Waals surface area contributed by atoms with Crippen molar-refractivity contribution >= 4 is 50.8 Å². The number of anilines is 1. The van der Waals surface area contributed by atoms with E-state index < -0.39 is 87.9 Å². The molecule has 81 heavy (non-hydrogen) atoms. The monoisotopic (exact) mass is 1170 g/mol. The molecule has 2 aliphatic rings. The van der Waals surface area contributed by atoms with E-state index in [1.54, 1.807) is 53.2 Å². The standard InChI is InChI=1S/C57H67ClN7O14PSi/c1-34(2)51(66)61-54-60-50-49(53(68)62-54)59-33-65(50)48-28-43(45(75-48)31-73-57(36-16-12-11-13-17-36,37-20-24-39(71-7)25-21-37)38-22-26-40(72-8)27-23-38)78-80(70,77-42-19-15-14-18-41(42)58)74-32-46-44(79-81(9,10)56(4,5)6)29-47(76-46)64-30-35(3)52(67)63-55(64)69/h11-27,30,33-34,43-48H,28-29,31-32H2,1-10H3,(H,63,67,69)(H2,60,61,62,66,68)/t43-,44-,45+,46+,47+,48+,80?/m0/s1. The fourth-order valence-electron chi connectivity index (χ4n) is 9.42. The van der Waals surface area contributed by atoms with Crippen LogP contribution in [0, 0.1) is 12.8 Å². The second-order valence-corrected chi connectivity index (χ2v) is 28.4. The van der Waals surface area contributed by atoms with E-state index in [1.165, 1.54) is 27.7 Å². The highest BCUT2D eigenvalue weighted by molar-refractivity contribution is 7.49. The van der Waals surface area contributed by atoms with Crippen LogP contribution in [0.1, 0.15) is 82.2 Å². The molecule has 7 atom stereocenters. The number of phosphoric ester groups is 1. The molecule has 1 unspecified atom stereocenters. The molecule has 21 nitrogen and oxygen atoms in total. The van der Waals surface area contributed by atoms with Crippen molar-refractivity contribution in [2.24, 2.45) is 5.92 Å². The largest absolute Gasteiger partial charge is 0.530 e. The van der Waals surface area contributed by atoms with Gasteiger partial charge in [0, 0.05) is 30.5 Å². The number of carbonyl (C=O) groups is 1. The van der Waals surface area contributed by atoms with Crippen LogP contribution >= 0.6 is 19.4 Å². The SMILES string of the molecule is COc1ccc(C(OC[C@H]2O[C@@H](n3cnc4c(=O)[nH]c(NC(=O)C(C)C)nc43)C[C@@H]2OP(=O)(OC[C@H]2O[C@@H](n3cc(C)c(=O)[nH]c3=O)C[C@@H]2O[Si](C)(C)C(C)(C)C)Oc2ccccc2Cl)(c2ccccc2)c2ccc(OC)cc2)cc1. The lowest BCUT2D eigenvalue weighted by atomic mass is 9.80. The Morgan fingerprint density at radius 3 is 1.99 bits per heavy atom. The predicted octanol–water partition coefficient (Wildman–Crippen LogP) is 9.81. The van der Waals surface area contributed by atoms with E-state index >= 15 is 4.57 Å². The minimum absolute atomic E-state index is 0.0255. The normalized spacial score (nSPS) is 20.3. The van der Waals surface area contributed by atoms with E-state index in [1.807, 2.05) is 78.9 Å². The van der Waals surface area contributed by atoms with E-state index in [4.69, 9.17) is 53.3 Å². The van der Waals surface area contributed by atoms with Crippen LogP contribution in [0.5, 0.6) is 17.2 Å². The first-order valence-corrected chi connectivity index (χ1v) is 31.2. The lowest BCUT2D eigenvalue weighted by Gasteiger charge is -2.39. The molecular weight excluding hydrogens is 1100 g/mol. The number of methoxy groups -OCH3 is 2. The van der Waals surface area contributed by atoms with Gasteiger partial charge in [-0.15, -0.1) is 0 Å². The fraction of sp³-hybridized carbons (Fsp3) is 0.404. The second-order valence-electron chi connectivity index (χ2n) is 21.7. The van der Waals surface area contributed by atoms with Gasteiger partial charge in [-0.2, -0.15) is 4.98 Å². The van der Waals surface area contributed by atoms with Gasteiger partial charge in [-0.1, -0.05) is 113 Å². The molecule has 2 saturated heterocycles. The van der Waals surface area contributed by atoms with E-state index in [0.717, 1.165) is 5.56 Å². The highest BCUT2D eigenvalue weighted by Crippen LogP contribution is 2.55. The number of halogens is 1. The maximum absolute atomic E-state index is 15.9. The summed E-state index contributed by atoms with van der Waals surface area (Å²) in [5, 5.41) is 2.50. The van der Waals surface area contributed by atoms with E-state index in [-0.39, 0.29) is 58.3 Å². The average molecular weight is 1170 g/mol. The van der Waals surface area contributed by atoms with Gasteiger partial charge in [0.2, 0.25) is 11.9 Å². The molecule has 2 aliphatic heterocycles. The van der Waals surface area contributed by atoms with Crippen LogP contribution in [0.2, 0.25) is 23.2 Å². The number of fused-ring (bicyclic) bond motifs is 1. The topological polar surface area (TPSA) is 248 Å². The molecule has 3 aromatic heterocycles. The van der Waals surface area contributed by atoms with Crippen LogP contribution < -0.4 is 36.1 Å². The third-order valence-electron chi connectivity index (χ3n) is 14.9. The Labute approximate surface area is 473 Å². The molecule has 24 heteroatoms. The second kappa shape index (κ2) is 24.0. The highest BCUT2D eigenvalue weighted by atomic mass is 35.5. The summed E-state index contributed by atoms with van der Waals surface area (Å²) < 4.78 is 77.2. The van der Waals surface area contributed by atoms with Crippen molar-refractivity contribution in [1.29, 1.82) is 0 Å². The molecule has 0 radical (unpaired) electrons. The number of aryl methyl sites for hydroxylation is 1. The minimum Gasteiger partial charge on any atom is -0.497 e. The lowest BCUT2D eigenvalue weighted by molar-refractivity contribution is -0.118. The van der Waals surface area contributed by atoms with Crippen LogP contribution in [0.3, 0.4) is 0 Å². The first kappa shape index (κ1) is 58.9. The third kappa shape index (κ3) is 12.7. The fourth-order valence-corrected chi connectivity index (χ4v) is 12.4.